The van der Waals surface area contributed by atoms with E-state index in [2.05, 4.69) is 55.4 Å². The molecule has 1 aliphatic heterocycles. The summed E-state index contributed by atoms with van der Waals surface area (Å²) in [4.78, 5) is 21.4. The predicted molar refractivity (Wildman–Crippen MR) is 143 cm³/mol. The molecular formula is C28H34N8. The Morgan fingerprint density at radius 1 is 0.889 bits per heavy atom. The van der Waals surface area contributed by atoms with E-state index in [1.54, 1.807) is 12.4 Å². The first-order chi connectivity index (χ1) is 17.8. The van der Waals surface area contributed by atoms with Gasteiger partial charge in [0, 0.05) is 37.9 Å². The van der Waals surface area contributed by atoms with Crippen LogP contribution in [-0.4, -0.2) is 48.5 Å². The van der Waals surface area contributed by atoms with Crippen molar-refractivity contribution in [3.05, 3.63) is 66.7 Å². The van der Waals surface area contributed by atoms with Crippen molar-refractivity contribution in [2.24, 2.45) is 0 Å². The van der Waals surface area contributed by atoms with E-state index in [4.69, 9.17) is 15.0 Å². The Hall–Kier alpha value is -3.52. The van der Waals surface area contributed by atoms with Gasteiger partial charge in [0.2, 0.25) is 5.95 Å². The lowest BCUT2D eigenvalue weighted by Crippen LogP contribution is -2.38. The number of anilines is 3. The highest BCUT2D eigenvalue weighted by Gasteiger charge is 2.24. The van der Waals surface area contributed by atoms with Crippen LogP contribution in [-0.2, 0) is 6.54 Å². The molecule has 2 aliphatic rings. The normalized spacial score (nSPS) is 17.9. The van der Waals surface area contributed by atoms with Gasteiger partial charge < -0.3 is 15.2 Å². The van der Waals surface area contributed by atoms with E-state index in [1.807, 2.05) is 18.5 Å². The summed E-state index contributed by atoms with van der Waals surface area (Å²) in [6, 6.07) is 15.4. The summed E-state index contributed by atoms with van der Waals surface area (Å²) in [6.45, 7) is 3.15. The van der Waals surface area contributed by atoms with E-state index < -0.39 is 0 Å². The fourth-order valence-corrected chi connectivity index (χ4v) is 5.54. The van der Waals surface area contributed by atoms with Crippen LogP contribution >= 0.6 is 0 Å². The van der Waals surface area contributed by atoms with E-state index in [9.17, 15) is 0 Å². The molecule has 186 valence electrons. The van der Waals surface area contributed by atoms with Crippen LogP contribution in [0.2, 0.25) is 0 Å². The third-order valence-electron chi connectivity index (χ3n) is 7.48. The molecular weight excluding hydrogens is 448 g/mol. The van der Waals surface area contributed by atoms with Gasteiger partial charge in [-0.15, -0.1) is 0 Å². The van der Waals surface area contributed by atoms with Gasteiger partial charge in [-0.3, -0.25) is 9.88 Å². The molecule has 2 N–H and O–H groups in total. The van der Waals surface area contributed by atoms with Crippen molar-refractivity contribution in [1.29, 1.82) is 0 Å². The standard InChI is InChI=1S/C28H34N8/c1-3-8-21(9-4-1)19-35-16-13-22(14-17-35)31-26-25-27(36(20-30-25)24-11-5-2-6-12-24)34-28(33-26)32-23-10-7-15-29-18-23/h1,3-4,7-10,15,18,20,22,24H,2,5-6,11-14,16-17,19H2,(H2,31,32,33,34). The third-order valence-corrected chi connectivity index (χ3v) is 7.48. The fourth-order valence-electron chi connectivity index (χ4n) is 5.54. The molecule has 4 heterocycles. The molecule has 6 rings (SSSR count). The lowest BCUT2D eigenvalue weighted by atomic mass is 9.95. The number of fused-ring (bicyclic) bond motifs is 1. The minimum absolute atomic E-state index is 0.362. The van der Waals surface area contributed by atoms with E-state index in [0.29, 0.717) is 18.0 Å². The number of hydrogen-bond donors (Lipinski definition) is 2. The SMILES string of the molecule is c1ccc(CN2CCC(Nc3nc(Nc4cccnc4)nc4c3ncn4C3CCCCC3)CC2)cc1. The highest BCUT2D eigenvalue weighted by atomic mass is 15.2. The zero-order valence-electron chi connectivity index (χ0n) is 20.7. The summed E-state index contributed by atoms with van der Waals surface area (Å²) in [5, 5.41) is 7.10. The van der Waals surface area contributed by atoms with Gasteiger partial charge in [0.15, 0.2) is 17.0 Å². The lowest BCUT2D eigenvalue weighted by molar-refractivity contribution is 0.211. The second kappa shape index (κ2) is 10.6. The Morgan fingerprint density at radius 3 is 2.50 bits per heavy atom. The van der Waals surface area contributed by atoms with Crippen LogP contribution in [0.25, 0.3) is 11.2 Å². The Labute approximate surface area is 212 Å². The highest BCUT2D eigenvalue weighted by molar-refractivity contribution is 5.85. The van der Waals surface area contributed by atoms with Crippen LogP contribution in [0.4, 0.5) is 17.5 Å². The van der Waals surface area contributed by atoms with Gasteiger partial charge in [-0.25, -0.2) is 4.98 Å². The van der Waals surface area contributed by atoms with Crippen LogP contribution < -0.4 is 10.6 Å². The molecule has 8 nitrogen and oxygen atoms in total. The summed E-state index contributed by atoms with van der Waals surface area (Å²) in [7, 11) is 0. The Kier molecular flexibility index (Phi) is 6.76. The van der Waals surface area contributed by atoms with E-state index >= 15 is 0 Å². The van der Waals surface area contributed by atoms with E-state index in [1.165, 1.54) is 37.7 Å². The number of piperidine rings is 1. The molecule has 0 radical (unpaired) electrons. The summed E-state index contributed by atoms with van der Waals surface area (Å²) in [6.07, 6.45) is 13.9. The maximum atomic E-state index is 4.92. The van der Waals surface area contributed by atoms with Crippen LogP contribution in [0.5, 0.6) is 0 Å². The smallest absolute Gasteiger partial charge is 0.231 e. The van der Waals surface area contributed by atoms with Crippen LogP contribution in [0.1, 0.15) is 56.6 Å². The molecule has 2 fully saturated rings. The first-order valence-corrected chi connectivity index (χ1v) is 13.3. The number of benzene rings is 1. The molecule has 1 saturated carbocycles. The van der Waals surface area contributed by atoms with Gasteiger partial charge in [-0.1, -0.05) is 49.6 Å². The molecule has 1 saturated heterocycles. The van der Waals surface area contributed by atoms with Crippen LogP contribution in [0.15, 0.2) is 61.2 Å². The fraction of sp³-hybridized carbons (Fsp3) is 0.429. The first-order valence-electron chi connectivity index (χ1n) is 13.3. The molecule has 3 aromatic heterocycles. The molecule has 36 heavy (non-hydrogen) atoms. The minimum Gasteiger partial charge on any atom is -0.365 e. The molecule has 1 aliphatic carbocycles. The molecule has 0 unspecified atom stereocenters. The maximum Gasteiger partial charge on any atom is 0.231 e. The highest BCUT2D eigenvalue weighted by Crippen LogP contribution is 2.33. The average molecular weight is 483 g/mol. The number of aromatic nitrogens is 5. The first kappa shape index (κ1) is 22.9. The second-order valence-electron chi connectivity index (χ2n) is 10.1. The predicted octanol–water partition coefficient (Wildman–Crippen LogP) is 5.55. The number of likely N-dealkylation sites (tertiary alicyclic amines) is 1. The van der Waals surface area contributed by atoms with Gasteiger partial charge in [0.05, 0.1) is 18.2 Å². The monoisotopic (exact) mass is 482 g/mol. The number of imidazole rings is 1. The van der Waals surface area contributed by atoms with E-state index in [0.717, 1.165) is 55.1 Å². The molecule has 4 aromatic rings. The Morgan fingerprint density at radius 2 is 1.72 bits per heavy atom. The number of hydrogen-bond acceptors (Lipinski definition) is 7. The molecule has 0 amide bonds. The topological polar surface area (TPSA) is 83.8 Å². The summed E-state index contributed by atoms with van der Waals surface area (Å²) in [5.41, 5.74) is 4.03. The summed E-state index contributed by atoms with van der Waals surface area (Å²) < 4.78 is 2.28. The molecule has 0 bridgehead atoms. The van der Waals surface area contributed by atoms with Gasteiger partial charge in [-0.05, 0) is 43.4 Å². The molecule has 0 spiro atoms. The van der Waals surface area contributed by atoms with Gasteiger partial charge in [-0.2, -0.15) is 9.97 Å². The molecule has 1 aromatic carbocycles. The van der Waals surface area contributed by atoms with E-state index in [-0.39, 0.29) is 0 Å². The van der Waals surface area contributed by atoms with Crippen molar-refractivity contribution in [2.75, 3.05) is 23.7 Å². The largest absolute Gasteiger partial charge is 0.365 e. The maximum absolute atomic E-state index is 4.92. The van der Waals surface area contributed by atoms with Crippen molar-refractivity contribution in [1.82, 2.24) is 29.4 Å². The van der Waals surface area contributed by atoms with Crippen molar-refractivity contribution < 1.29 is 0 Å². The average Bonchev–Trinajstić information content (AvgIpc) is 3.36. The zero-order valence-corrected chi connectivity index (χ0v) is 20.7. The number of pyridine rings is 1. The van der Waals surface area contributed by atoms with Crippen LogP contribution in [0.3, 0.4) is 0 Å². The third kappa shape index (κ3) is 5.18. The number of nitrogens with one attached hydrogen (secondary N) is 2. The van der Waals surface area contributed by atoms with Crippen LogP contribution in [0, 0.1) is 0 Å². The summed E-state index contributed by atoms with van der Waals surface area (Å²) >= 11 is 0. The number of nitrogens with zero attached hydrogens (tertiary/aromatic N) is 6. The van der Waals surface area contributed by atoms with Gasteiger partial charge in [0.25, 0.3) is 0 Å². The molecule has 8 heteroatoms. The van der Waals surface area contributed by atoms with Gasteiger partial charge >= 0.3 is 0 Å². The van der Waals surface area contributed by atoms with Crippen molar-refractivity contribution in [3.63, 3.8) is 0 Å². The molecule has 0 atom stereocenters. The van der Waals surface area contributed by atoms with Crippen molar-refractivity contribution in [2.45, 2.75) is 63.6 Å². The quantitative estimate of drug-likeness (QED) is 0.357. The lowest BCUT2D eigenvalue weighted by Gasteiger charge is -2.32. The van der Waals surface area contributed by atoms with Crippen molar-refractivity contribution in [3.8, 4) is 0 Å². The van der Waals surface area contributed by atoms with Crippen molar-refractivity contribution >= 4 is 28.6 Å². The summed E-state index contributed by atoms with van der Waals surface area (Å²) in [5.74, 6) is 1.40. The second-order valence-corrected chi connectivity index (χ2v) is 10.1. The Bertz CT molecular complexity index is 1260. The number of rotatable bonds is 7. The Balaban J connectivity index is 1.22. The zero-order chi connectivity index (χ0) is 24.2. The minimum atomic E-state index is 0.362. The van der Waals surface area contributed by atoms with Gasteiger partial charge in [0.1, 0.15) is 0 Å².